The molecule has 1 aliphatic rings. The lowest BCUT2D eigenvalue weighted by Gasteiger charge is -2.40. The molecule has 1 rings (SSSR count). The van der Waals surface area contributed by atoms with E-state index >= 15 is 8.78 Å². The van der Waals surface area contributed by atoms with E-state index in [9.17, 15) is 4.57 Å². The van der Waals surface area contributed by atoms with Gasteiger partial charge < -0.3 is 22.9 Å². The Bertz CT molecular complexity index is 554. The molecule has 0 bridgehead atoms. The van der Waals surface area contributed by atoms with Crippen LogP contribution in [0, 0.1) is 5.92 Å². The monoisotopic (exact) mass is 474 g/mol. The Labute approximate surface area is 182 Å². The summed E-state index contributed by atoms with van der Waals surface area (Å²) >= 11 is 0. The molecule has 0 aliphatic carbocycles. The molecule has 30 heavy (non-hydrogen) atoms. The predicted molar refractivity (Wildman–Crippen MR) is 117 cm³/mol. The Morgan fingerprint density at radius 1 is 1.13 bits per heavy atom. The Morgan fingerprint density at radius 3 is 2.13 bits per heavy atom. The third-order valence-electron chi connectivity index (χ3n) is 5.95. The van der Waals surface area contributed by atoms with Crippen molar-refractivity contribution in [2.24, 2.45) is 5.92 Å². The first-order valence-electron chi connectivity index (χ1n) is 10.9. The van der Waals surface area contributed by atoms with E-state index < -0.39 is 39.9 Å². The van der Waals surface area contributed by atoms with Crippen molar-refractivity contribution < 1.29 is 36.3 Å². The molecule has 1 fully saturated rings. The highest BCUT2D eigenvalue weighted by Gasteiger charge is 2.59. The molecule has 0 aromatic heterocycles. The third-order valence-corrected chi connectivity index (χ3v) is 12.8. The fourth-order valence-corrected chi connectivity index (χ4v) is 5.62. The molecule has 180 valence electrons. The highest BCUT2D eigenvalue weighted by Crippen LogP contribution is 2.65. The summed E-state index contributed by atoms with van der Waals surface area (Å²) in [4.78, 5) is 0. The van der Waals surface area contributed by atoms with Crippen LogP contribution in [0.1, 0.15) is 60.8 Å². The van der Waals surface area contributed by atoms with E-state index in [1.165, 1.54) is 20.8 Å². The van der Waals surface area contributed by atoms with Crippen molar-refractivity contribution in [3.05, 3.63) is 0 Å². The molecule has 0 spiro atoms. The van der Waals surface area contributed by atoms with Gasteiger partial charge in [0.05, 0.1) is 31.8 Å². The minimum Gasteiger partial charge on any atom is -0.414 e. The number of hydrogen-bond acceptors (Lipinski definition) is 6. The van der Waals surface area contributed by atoms with Gasteiger partial charge in [-0.3, -0.25) is 4.57 Å². The van der Waals surface area contributed by atoms with Crippen LogP contribution in [0.3, 0.4) is 0 Å². The zero-order chi connectivity index (χ0) is 23.2. The van der Waals surface area contributed by atoms with Crippen molar-refractivity contribution in [2.45, 2.75) is 97.0 Å². The maximum absolute atomic E-state index is 15.4. The molecule has 0 saturated carbocycles. The van der Waals surface area contributed by atoms with E-state index in [0.29, 0.717) is 13.0 Å². The van der Waals surface area contributed by atoms with Crippen LogP contribution in [0.2, 0.25) is 18.1 Å². The van der Waals surface area contributed by atoms with Gasteiger partial charge in [0.25, 0.3) is 0 Å². The van der Waals surface area contributed by atoms with Crippen molar-refractivity contribution in [1.82, 2.24) is 0 Å². The van der Waals surface area contributed by atoms with Crippen LogP contribution in [0.4, 0.5) is 8.78 Å². The maximum Gasteiger partial charge on any atom is 0.399 e. The van der Waals surface area contributed by atoms with Gasteiger partial charge in [0.15, 0.2) is 14.6 Å². The summed E-state index contributed by atoms with van der Waals surface area (Å²) in [5, 5.41) is -0.0867. The lowest BCUT2D eigenvalue weighted by Crippen LogP contribution is -2.47. The van der Waals surface area contributed by atoms with Crippen LogP contribution < -0.4 is 0 Å². The zero-order valence-electron chi connectivity index (χ0n) is 19.8. The fraction of sp³-hybridized carbons (Fsp3) is 1.00. The van der Waals surface area contributed by atoms with E-state index in [0.717, 1.165) is 12.8 Å². The predicted octanol–water partition coefficient (Wildman–Crippen LogP) is 6.42. The van der Waals surface area contributed by atoms with E-state index in [1.807, 2.05) is 0 Å². The van der Waals surface area contributed by atoms with Crippen molar-refractivity contribution in [3.63, 3.8) is 0 Å². The summed E-state index contributed by atoms with van der Waals surface area (Å²) < 4.78 is 71.5. The van der Waals surface area contributed by atoms with Gasteiger partial charge in [0.2, 0.25) is 0 Å². The van der Waals surface area contributed by atoms with Crippen LogP contribution >= 0.6 is 7.60 Å². The first kappa shape index (κ1) is 28.1. The van der Waals surface area contributed by atoms with Gasteiger partial charge in [-0.15, -0.1) is 0 Å². The third kappa shape index (κ3) is 7.05. The van der Waals surface area contributed by atoms with Crippen LogP contribution in [0.15, 0.2) is 0 Å². The molecule has 6 nitrogen and oxygen atoms in total. The van der Waals surface area contributed by atoms with Gasteiger partial charge in [-0.1, -0.05) is 27.7 Å². The quantitative estimate of drug-likeness (QED) is 0.240. The average Bonchev–Trinajstić information content (AvgIpc) is 2.64. The van der Waals surface area contributed by atoms with Gasteiger partial charge >= 0.3 is 13.3 Å². The average molecular weight is 475 g/mol. The van der Waals surface area contributed by atoms with Gasteiger partial charge in [0.1, 0.15) is 0 Å². The van der Waals surface area contributed by atoms with Crippen molar-refractivity contribution in [1.29, 1.82) is 0 Å². The van der Waals surface area contributed by atoms with Gasteiger partial charge in [-0.05, 0) is 51.2 Å². The van der Waals surface area contributed by atoms with Crippen LogP contribution in [0.25, 0.3) is 0 Å². The summed E-state index contributed by atoms with van der Waals surface area (Å²) in [6.07, 6.45) is 0.848. The lowest BCUT2D eigenvalue weighted by molar-refractivity contribution is -0.217. The summed E-state index contributed by atoms with van der Waals surface area (Å²) in [7, 11) is -6.89. The molecule has 3 atom stereocenters. The van der Waals surface area contributed by atoms with Crippen LogP contribution in [0.5, 0.6) is 0 Å². The topological polar surface area (TPSA) is 63.2 Å². The summed E-state index contributed by atoms with van der Waals surface area (Å²) in [6.45, 7) is 14.9. The first-order valence-corrected chi connectivity index (χ1v) is 15.3. The van der Waals surface area contributed by atoms with Crippen molar-refractivity contribution >= 4 is 15.9 Å². The Balaban J connectivity index is 3.12. The Kier molecular flexibility index (Phi) is 10.6. The summed E-state index contributed by atoms with van der Waals surface area (Å²) in [5.74, 6) is -1.46. The molecule has 1 heterocycles. The minimum atomic E-state index is -4.68. The molecular formula is C20H41F2O6PSi. The maximum atomic E-state index is 15.4. The molecule has 2 unspecified atom stereocenters. The minimum absolute atomic E-state index is 0.0364. The number of ether oxygens (including phenoxy) is 2. The SMILES string of the molecule is CCOP(=O)(OCC)C(F)(F)C(C)[C@H](CO[Si](C)(C)C(C)(C)C)OC1CCCCO1. The standard InChI is InChI=1S/C20H41F2O6PSi/c1-9-25-29(23,26-10-2)20(21,22)16(3)17(28-18-13-11-12-14-24-18)15-27-30(7,8)19(4,5)6/h16-18H,9-15H2,1-8H3/t16?,17-,18?/m0/s1. The van der Waals surface area contributed by atoms with Gasteiger partial charge in [-0.25, -0.2) is 0 Å². The highest BCUT2D eigenvalue weighted by molar-refractivity contribution is 7.55. The van der Waals surface area contributed by atoms with E-state index in [2.05, 4.69) is 33.9 Å². The molecule has 0 aromatic rings. The van der Waals surface area contributed by atoms with E-state index in [4.69, 9.17) is 22.9 Å². The van der Waals surface area contributed by atoms with Crippen molar-refractivity contribution in [3.8, 4) is 0 Å². The van der Waals surface area contributed by atoms with Gasteiger partial charge in [-0.2, -0.15) is 8.78 Å². The Morgan fingerprint density at radius 2 is 1.70 bits per heavy atom. The number of hydrogen-bond donors (Lipinski definition) is 0. The second-order valence-corrected chi connectivity index (χ2v) is 16.2. The number of rotatable bonds is 12. The first-order chi connectivity index (χ1) is 13.7. The molecular weight excluding hydrogens is 433 g/mol. The smallest absolute Gasteiger partial charge is 0.399 e. The lowest BCUT2D eigenvalue weighted by atomic mass is 10.1. The van der Waals surface area contributed by atoms with Crippen LogP contribution in [-0.4, -0.2) is 52.8 Å². The van der Waals surface area contributed by atoms with E-state index in [-0.39, 0.29) is 24.9 Å². The molecule has 1 aliphatic heterocycles. The number of halogens is 2. The second-order valence-electron chi connectivity index (χ2n) is 9.25. The summed E-state index contributed by atoms with van der Waals surface area (Å²) in [6, 6.07) is 0. The van der Waals surface area contributed by atoms with Gasteiger partial charge in [0, 0.05) is 6.61 Å². The van der Waals surface area contributed by atoms with Crippen LogP contribution in [-0.2, 0) is 27.5 Å². The fourth-order valence-electron chi connectivity index (χ4n) is 2.84. The molecule has 10 heteroatoms. The second kappa shape index (κ2) is 11.3. The zero-order valence-corrected chi connectivity index (χ0v) is 21.7. The molecule has 1 saturated heterocycles. The number of alkyl halides is 2. The molecule has 0 amide bonds. The molecule has 0 N–H and O–H groups in total. The largest absolute Gasteiger partial charge is 0.414 e. The highest BCUT2D eigenvalue weighted by atomic mass is 31.2. The molecule has 0 radical (unpaired) electrons. The van der Waals surface area contributed by atoms with Crippen molar-refractivity contribution in [2.75, 3.05) is 26.4 Å². The summed E-state index contributed by atoms with van der Waals surface area (Å²) in [5.41, 5.74) is -3.74. The van der Waals surface area contributed by atoms with E-state index in [1.54, 1.807) is 0 Å². The normalized spacial score (nSPS) is 21.5. The Hall–Kier alpha value is 0.107. The molecule has 0 aromatic carbocycles.